The lowest BCUT2D eigenvalue weighted by Gasteiger charge is -2.25. The van der Waals surface area contributed by atoms with Gasteiger partial charge in [-0.1, -0.05) is 18.0 Å². The number of H-pyrrole nitrogens is 1. The van der Waals surface area contributed by atoms with Gasteiger partial charge in [0.1, 0.15) is 5.82 Å². The van der Waals surface area contributed by atoms with E-state index in [2.05, 4.69) is 32.3 Å². The van der Waals surface area contributed by atoms with Crippen molar-refractivity contribution < 1.29 is 0 Å². The monoisotopic (exact) mass is 402 g/mol. The number of nitrogens with zero attached hydrogens (tertiary/aromatic N) is 2. The first-order valence-electron chi connectivity index (χ1n) is 9.91. The van der Waals surface area contributed by atoms with Gasteiger partial charge in [0.05, 0.1) is 11.0 Å². The Morgan fingerprint density at radius 2 is 1.96 bits per heavy atom. The molecule has 1 fully saturated rings. The first-order valence-corrected chi connectivity index (χ1v) is 11.1. The third-order valence-corrected chi connectivity index (χ3v) is 6.41. The van der Waals surface area contributed by atoms with Gasteiger partial charge in [-0.3, -0.25) is 4.90 Å². The molecular weight excluding hydrogens is 376 g/mol. The summed E-state index contributed by atoms with van der Waals surface area (Å²) in [7, 11) is 0. The number of aromatic nitrogens is 2. The summed E-state index contributed by atoms with van der Waals surface area (Å²) in [6.07, 6.45) is 6.14. The second kappa shape index (κ2) is 9.20. The van der Waals surface area contributed by atoms with Crippen molar-refractivity contribution in [1.82, 2.24) is 20.2 Å². The number of thiophene rings is 1. The molecule has 0 unspecified atom stereocenters. The van der Waals surface area contributed by atoms with Gasteiger partial charge in [0.25, 0.3) is 0 Å². The zero-order chi connectivity index (χ0) is 18.5. The summed E-state index contributed by atoms with van der Waals surface area (Å²) in [6, 6.07) is 10.4. The number of halogens is 1. The van der Waals surface area contributed by atoms with Crippen LogP contribution in [0.15, 0.2) is 30.3 Å². The van der Waals surface area contributed by atoms with Gasteiger partial charge in [-0.15, -0.1) is 11.3 Å². The fourth-order valence-electron chi connectivity index (χ4n) is 3.69. The number of benzene rings is 1. The molecule has 0 atom stereocenters. The number of imidazole rings is 1. The summed E-state index contributed by atoms with van der Waals surface area (Å²) in [5.41, 5.74) is 2.01. The van der Waals surface area contributed by atoms with Crippen LogP contribution in [0.5, 0.6) is 0 Å². The Morgan fingerprint density at radius 3 is 2.85 bits per heavy atom. The third-order valence-electron chi connectivity index (χ3n) is 5.10. The zero-order valence-corrected chi connectivity index (χ0v) is 17.2. The molecule has 4 rings (SSSR count). The minimum absolute atomic E-state index is 0.745. The van der Waals surface area contributed by atoms with E-state index in [1.54, 1.807) is 0 Å². The Bertz CT molecular complexity index is 866. The van der Waals surface area contributed by atoms with Crippen LogP contribution in [0.3, 0.4) is 0 Å². The smallest absolute Gasteiger partial charge is 0.107 e. The zero-order valence-electron chi connectivity index (χ0n) is 15.6. The van der Waals surface area contributed by atoms with Crippen LogP contribution in [0.2, 0.25) is 5.02 Å². The Morgan fingerprint density at radius 1 is 1.11 bits per heavy atom. The SMILES string of the molecule is Clc1ccc2nc(CCCNCc3ccc(CN4CCCCC4)s3)[nH]c2c1. The maximum absolute atomic E-state index is 6.03. The molecule has 1 aromatic carbocycles. The summed E-state index contributed by atoms with van der Waals surface area (Å²) < 4.78 is 0. The Labute approximate surface area is 169 Å². The average molecular weight is 403 g/mol. The predicted molar refractivity (Wildman–Crippen MR) is 115 cm³/mol. The molecule has 2 N–H and O–H groups in total. The number of aryl methyl sites for hydroxylation is 1. The molecule has 0 bridgehead atoms. The van der Waals surface area contributed by atoms with Crippen molar-refractivity contribution in [2.75, 3.05) is 19.6 Å². The molecule has 0 spiro atoms. The molecule has 0 saturated carbocycles. The van der Waals surface area contributed by atoms with Crippen molar-refractivity contribution in [3.8, 4) is 0 Å². The molecule has 0 aliphatic carbocycles. The van der Waals surface area contributed by atoms with E-state index in [0.717, 1.165) is 54.4 Å². The molecule has 1 aliphatic heterocycles. The largest absolute Gasteiger partial charge is 0.342 e. The van der Waals surface area contributed by atoms with E-state index >= 15 is 0 Å². The van der Waals surface area contributed by atoms with E-state index in [-0.39, 0.29) is 0 Å². The Hall–Kier alpha value is -1.40. The summed E-state index contributed by atoms with van der Waals surface area (Å²) in [5.74, 6) is 1.04. The lowest BCUT2D eigenvalue weighted by molar-refractivity contribution is 0.222. The molecular formula is C21H27ClN4S. The van der Waals surface area contributed by atoms with Gasteiger partial charge in [0.2, 0.25) is 0 Å². The number of rotatable bonds is 8. The minimum atomic E-state index is 0.745. The van der Waals surface area contributed by atoms with Gasteiger partial charge < -0.3 is 10.3 Å². The van der Waals surface area contributed by atoms with Crippen molar-refractivity contribution in [2.24, 2.45) is 0 Å². The number of piperidine rings is 1. The van der Waals surface area contributed by atoms with Gasteiger partial charge in [-0.25, -0.2) is 4.98 Å². The second-order valence-corrected chi connectivity index (χ2v) is 9.02. The molecule has 2 aromatic heterocycles. The van der Waals surface area contributed by atoms with E-state index in [9.17, 15) is 0 Å². The maximum atomic E-state index is 6.03. The highest BCUT2D eigenvalue weighted by molar-refractivity contribution is 7.11. The Balaban J connectivity index is 1.17. The number of fused-ring (bicyclic) bond motifs is 1. The highest BCUT2D eigenvalue weighted by Gasteiger charge is 2.11. The van der Waals surface area contributed by atoms with E-state index in [0.29, 0.717) is 0 Å². The molecule has 3 aromatic rings. The van der Waals surface area contributed by atoms with Gasteiger partial charge >= 0.3 is 0 Å². The molecule has 6 heteroatoms. The van der Waals surface area contributed by atoms with E-state index in [4.69, 9.17) is 11.6 Å². The summed E-state index contributed by atoms with van der Waals surface area (Å²) in [4.78, 5) is 13.5. The van der Waals surface area contributed by atoms with Crippen molar-refractivity contribution in [2.45, 2.75) is 45.2 Å². The first kappa shape index (κ1) is 18.9. The van der Waals surface area contributed by atoms with E-state index in [1.807, 2.05) is 29.5 Å². The number of likely N-dealkylation sites (tertiary alicyclic amines) is 1. The Kier molecular flexibility index (Phi) is 6.45. The van der Waals surface area contributed by atoms with Gasteiger partial charge in [-0.2, -0.15) is 0 Å². The summed E-state index contributed by atoms with van der Waals surface area (Å²) in [5, 5.41) is 4.31. The second-order valence-electron chi connectivity index (χ2n) is 7.33. The topological polar surface area (TPSA) is 44.0 Å². The van der Waals surface area contributed by atoms with Gasteiger partial charge in [0, 0.05) is 34.3 Å². The number of aromatic amines is 1. The minimum Gasteiger partial charge on any atom is -0.342 e. The normalized spacial score (nSPS) is 15.6. The highest BCUT2D eigenvalue weighted by atomic mass is 35.5. The molecule has 0 amide bonds. The van der Waals surface area contributed by atoms with Crippen LogP contribution < -0.4 is 5.32 Å². The van der Waals surface area contributed by atoms with Gasteiger partial charge in [0.15, 0.2) is 0 Å². The van der Waals surface area contributed by atoms with Crippen LogP contribution >= 0.6 is 22.9 Å². The van der Waals surface area contributed by atoms with E-state index < -0.39 is 0 Å². The number of hydrogen-bond acceptors (Lipinski definition) is 4. The van der Waals surface area contributed by atoms with Crippen LogP contribution in [0.25, 0.3) is 11.0 Å². The molecule has 1 aliphatic rings. The third kappa shape index (κ3) is 5.32. The lowest BCUT2D eigenvalue weighted by atomic mass is 10.1. The van der Waals surface area contributed by atoms with Crippen LogP contribution in [0, 0.1) is 0 Å². The molecule has 144 valence electrons. The number of hydrogen-bond donors (Lipinski definition) is 2. The van der Waals surface area contributed by atoms with Crippen LogP contribution in [0.1, 0.15) is 41.3 Å². The van der Waals surface area contributed by atoms with Crippen molar-refractivity contribution in [3.05, 3.63) is 50.9 Å². The summed E-state index contributed by atoms with van der Waals surface area (Å²) in [6.45, 7) is 5.61. The first-order chi connectivity index (χ1) is 13.3. The average Bonchev–Trinajstić information content (AvgIpc) is 3.28. The predicted octanol–water partition coefficient (Wildman–Crippen LogP) is 4.99. The molecule has 3 heterocycles. The van der Waals surface area contributed by atoms with Crippen molar-refractivity contribution >= 4 is 34.0 Å². The van der Waals surface area contributed by atoms with Gasteiger partial charge in [-0.05, 0) is 69.2 Å². The highest BCUT2D eigenvalue weighted by Crippen LogP contribution is 2.21. The van der Waals surface area contributed by atoms with E-state index in [1.165, 1.54) is 42.1 Å². The van der Waals surface area contributed by atoms with Crippen LogP contribution in [-0.2, 0) is 19.5 Å². The van der Waals surface area contributed by atoms with Crippen molar-refractivity contribution in [1.29, 1.82) is 0 Å². The standard InChI is InChI=1S/C21H27ClN4S/c22-16-6-9-19-20(13-16)25-21(24-19)5-4-10-23-14-17-7-8-18(27-17)15-26-11-2-1-3-12-26/h6-9,13,23H,1-5,10-12,14-15H2,(H,24,25). The van der Waals surface area contributed by atoms with Crippen molar-refractivity contribution in [3.63, 3.8) is 0 Å². The molecule has 1 saturated heterocycles. The molecule has 4 nitrogen and oxygen atoms in total. The van der Waals surface area contributed by atoms with Crippen LogP contribution in [0.4, 0.5) is 0 Å². The fraction of sp³-hybridized carbons (Fsp3) is 0.476. The maximum Gasteiger partial charge on any atom is 0.107 e. The van der Waals surface area contributed by atoms with Crippen LogP contribution in [-0.4, -0.2) is 34.5 Å². The summed E-state index contributed by atoms with van der Waals surface area (Å²) >= 11 is 7.98. The molecule has 0 radical (unpaired) electrons. The number of nitrogens with one attached hydrogen (secondary N) is 2. The lowest BCUT2D eigenvalue weighted by Crippen LogP contribution is -2.28. The fourth-order valence-corrected chi connectivity index (χ4v) is 4.89. The molecule has 27 heavy (non-hydrogen) atoms. The quantitative estimate of drug-likeness (QED) is 0.522.